The van der Waals surface area contributed by atoms with Gasteiger partial charge in [0.1, 0.15) is 5.39 Å². The van der Waals surface area contributed by atoms with Crippen LogP contribution in [0.3, 0.4) is 0 Å². The van der Waals surface area contributed by atoms with E-state index in [1.54, 1.807) is 4.68 Å². The molecular weight excluding hydrogens is 318 g/mol. The Morgan fingerprint density at radius 1 is 1.24 bits per heavy atom. The molecule has 0 saturated carbocycles. The minimum absolute atomic E-state index is 0.0656. The molecule has 0 aliphatic heterocycles. The molecule has 0 fully saturated rings. The van der Waals surface area contributed by atoms with Gasteiger partial charge >= 0.3 is 0 Å². The number of rotatable bonds is 6. The zero-order valence-corrected chi connectivity index (χ0v) is 14.4. The average molecular weight is 339 g/mol. The minimum Gasteiger partial charge on any atom is -0.356 e. The maximum atomic E-state index is 12.6. The van der Waals surface area contributed by atoms with Crippen LogP contribution in [0.4, 0.5) is 0 Å². The highest BCUT2D eigenvalue weighted by atomic mass is 16.1. The second-order valence-electron chi connectivity index (χ2n) is 5.97. The average Bonchev–Trinajstić information content (AvgIpc) is 3.05. The van der Waals surface area contributed by atoms with Gasteiger partial charge in [-0.3, -0.25) is 14.2 Å². The molecule has 0 unspecified atom stereocenters. The van der Waals surface area contributed by atoms with Gasteiger partial charge in [0, 0.05) is 19.5 Å². The van der Waals surface area contributed by atoms with Crippen LogP contribution in [0.1, 0.15) is 25.3 Å². The Hall–Kier alpha value is -2.96. The summed E-state index contributed by atoms with van der Waals surface area (Å²) in [7, 11) is 0. The molecule has 0 saturated heterocycles. The first-order valence-corrected chi connectivity index (χ1v) is 8.37. The molecule has 7 nitrogen and oxygen atoms in total. The van der Waals surface area contributed by atoms with Gasteiger partial charge in [-0.2, -0.15) is 5.10 Å². The number of benzene rings is 1. The van der Waals surface area contributed by atoms with Crippen LogP contribution in [0, 0.1) is 6.92 Å². The molecule has 1 N–H and O–H groups in total. The summed E-state index contributed by atoms with van der Waals surface area (Å²) in [5.74, 6) is -0.0656. The molecule has 1 amide bonds. The summed E-state index contributed by atoms with van der Waals surface area (Å²) in [6, 6.07) is 7.85. The lowest BCUT2D eigenvalue weighted by Crippen LogP contribution is -2.28. The largest absolute Gasteiger partial charge is 0.356 e. The molecule has 0 bridgehead atoms. The molecule has 0 aliphatic rings. The van der Waals surface area contributed by atoms with E-state index in [1.807, 2.05) is 38.1 Å². The normalized spacial score (nSPS) is 11.0. The van der Waals surface area contributed by atoms with Crippen molar-refractivity contribution in [1.29, 1.82) is 0 Å². The third-order valence-corrected chi connectivity index (χ3v) is 3.98. The first-order chi connectivity index (χ1) is 12.1. The zero-order chi connectivity index (χ0) is 17.8. The van der Waals surface area contributed by atoms with E-state index in [2.05, 4.69) is 15.4 Å². The van der Waals surface area contributed by atoms with Crippen LogP contribution >= 0.6 is 0 Å². The lowest BCUT2D eigenvalue weighted by molar-refractivity contribution is -0.121. The Labute approximate surface area is 145 Å². The molecule has 0 atom stereocenters. The molecule has 1 aromatic carbocycles. The van der Waals surface area contributed by atoms with Crippen molar-refractivity contribution in [2.24, 2.45) is 0 Å². The summed E-state index contributed by atoms with van der Waals surface area (Å²) in [4.78, 5) is 28.7. The molecule has 7 heteroatoms. The third kappa shape index (κ3) is 3.60. The van der Waals surface area contributed by atoms with Crippen molar-refractivity contribution < 1.29 is 4.79 Å². The van der Waals surface area contributed by atoms with Crippen molar-refractivity contribution in [3.63, 3.8) is 0 Å². The van der Waals surface area contributed by atoms with Crippen molar-refractivity contribution in [3.05, 3.63) is 52.7 Å². The van der Waals surface area contributed by atoms with Gasteiger partial charge in [0.05, 0.1) is 18.2 Å². The van der Waals surface area contributed by atoms with E-state index < -0.39 is 0 Å². The quantitative estimate of drug-likeness (QED) is 0.742. The topological polar surface area (TPSA) is 81.8 Å². The number of fused-ring (bicyclic) bond motifs is 1. The zero-order valence-electron chi connectivity index (χ0n) is 14.4. The Morgan fingerprint density at radius 3 is 2.72 bits per heavy atom. The fourth-order valence-corrected chi connectivity index (χ4v) is 2.56. The Balaban J connectivity index is 1.85. The lowest BCUT2D eigenvalue weighted by Gasteiger charge is -2.07. The second kappa shape index (κ2) is 7.29. The third-order valence-electron chi connectivity index (χ3n) is 3.98. The van der Waals surface area contributed by atoms with Crippen LogP contribution in [0.2, 0.25) is 0 Å². The van der Waals surface area contributed by atoms with Gasteiger partial charge in [0.15, 0.2) is 5.65 Å². The summed E-state index contributed by atoms with van der Waals surface area (Å²) in [5.41, 5.74) is 2.33. The van der Waals surface area contributed by atoms with Crippen LogP contribution in [-0.2, 0) is 11.3 Å². The number of hydrogen-bond acceptors (Lipinski definition) is 4. The number of amides is 1. The summed E-state index contributed by atoms with van der Waals surface area (Å²) in [5, 5.41) is 7.53. The maximum Gasteiger partial charge on any atom is 0.264 e. The number of carbonyl (C=O) groups excluding carboxylic acids is 1. The van der Waals surface area contributed by atoms with Gasteiger partial charge in [-0.25, -0.2) is 9.67 Å². The van der Waals surface area contributed by atoms with Crippen LogP contribution in [0.25, 0.3) is 16.7 Å². The predicted octanol–water partition coefficient (Wildman–Crippen LogP) is 1.81. The SMILES string of the molecule is CCCNC(=O)CCn1cnc2c(cnn2-c2ccc(C)cc2)c1=O. The molecule has 0 radical (unpaired) electrons. The van der Waals surface area contributed by atoms with Crippen molar-refractivity contribution in [3.8, 4) is 5.69 Å². The fraction of sp³-hybridized carbons (Fsp3) is 0.333. The molecule has 3 rings (SSSR count). The van der Waals surface area contributed by atoms with Crippen LogP contribution < -0.4 is 10.9 Å². The highest BCUT2D eigenvalue weighted by Crippen LogP contribution is 2.14. The fourth-order valence-electron chi connectivity index (χ4n) is 2.56. The molecule has 3 aromatic rings. The molecule has 0 spiro atoms. The molecule has 2 heterocycles. The highest BCUT2D eigenvalue weighted by Gasteiger charge is 2.12. The molecule has 130 valence electrons. The van der Waals surface area contributed by atoms with Gasteiger partial charge in [0.25, 0.3) is 5.56 Å². The second-order valence-corrected chi connectivity index (χ2v) is 5.97. The van der Waals surface area contributed by atoms with E-state index in [1.165, 1.54) is 17.1 Å². The van der Waals surface area contributed by atoms with Crippen LogP contribution in [0.15, 0.2) is 41.6 Å². The van der Waals surface area contributed by atoms with Crippen molar-refractivity contribution in [2.75, 3.05) is 6.54 Å². The van der Waals surface area contributed by atoms with Crippen molar-refractivity contribution in [1.82, 2.24) is 24.6 Å². The summed E-state index contributed by atoms with van der Waals surface area (Å²) >= 11 is 0. The van der Waals surface area contributed by atoms with E-state index in [0.717, 1.165) is 17.7 Å². The number of aromatic nitrogens is 4. The molecule has 25 heavy (non-hydrogen) atoms. The number of aryl methyl sites for hydroxylation is 2. The number of carbonyl (C=O) groups is 1. The van der Waals surface area contributed by atoms with Crippen LogP contribution in [-0.4, -0.2) is 31.8 Å². The first kappa shape index (κ1) is 16.9. The number of nitrogens with zero attached hydrogens (tertiary/aromatic N) is 4. The Morgan fingerprint density at radius 2 is 2.00 bits per heavy atom. The van der Waals surface area contributed by atoms with Crippen molar-refractivity contribution >= 4 is 16.9 Å². The van der Waals surface area contributed by atoms with Gasteiger partial charge in [-0.1, -0.05) is 24.6 Å². The Bertz CT molecular complexity index is 940. The van der Waals surface area contributed by atoms with Gasteiger partial charge in [-0.05, 0) is 25.5 Å². The summed E-state index contributed by atoms with van der Waals surface area (Å²) in [6.07, 6.45) is 4.14. The smallest absolute Gasteiger partial charge is 0.264 e. The van der Waals surface area contributed by atoms with Crippen molar-refractivity contribution in [2.45, 2.75) is 33.2 Å². The standard InChI is InChI=1S/C18H21N5O2/c1-3-9-19-16(24)8-10-22-12-20-17-15(18(22)25)11-21-23(17)14-6-4-13(2)5-7-14/h4-7,11-12H,3,8-10H2,1-2H3,(H,19,24). The lowest BCUT2D eigenvalue weighted by atomic mass is 10.2. The maximum absolute atomic E-state index is 12.6. The molecule has 0 aliphatic carbocycles. The van der Waals surface area contributed by atoms with E-state index in [0.29, 0.717) is 24.1 Å². The summed E-state index contributed by atoms with van der Waals surface area (Å²) < 4.78 is 3.10. The molecular formula is C18H21N5O2. The number of hydrogen-bond donors (Lipinski definition) is 1. The molecule has 2 aromatic heterocycles. The predicted molar refractivity (Wildman–Crippen MR) is 95.8 cm³/mol. The Kier molecular flexibility index (Phi) is 4.92. The minimum atomic E-state index is -0.188. The number of nitrogens with one attached hydrogen (secondary N) is 1. The summed E-state index contributed by atoms with van der Waals surface area (Å²) in [6.45, 7) is 4.95. The van der Waals surface area contributed by atoms with Gasteiger partial charge < -0.3 is 5.32 Å². The van der Waals surface area contributed by atoms with Gasteiger partial charge in [-0.15, -0.1) is 0 Å². The van der Waals surface area contributed by atoms with E-state index in [-0.39, 0.29) is 17.9 Å². The van der Waals surface area contributed by atoms with E-state index in [4.69, 9.17) is 0 Å². The van der Waals surface area contributed by atoms with E-state index in [9.17, 15) is 9.59 Å². The first-order valence-electron chi connectivity index (χ1n) is 8.37. The van der Waals surface area contributed by atoms with Crippen LogP contribution in [0.5, 0.6) is 0 Å². The van der Waals surface area contributed by atoms with Gasteiger partial charge in [0.2, 0.25) is 5.91 Å². The highest BCUT2D eigenvalue weighted by molar-refractivity contribution is 5.76. The van der Waals surface area contributed by atoms with E-state index >= 15 is 0 Å². The monoisotopic (exact) mass is 339 g/mol.